The lowest BCUT2D eigenvalue weighted by Crippen LogP contribution is -2.39. The van der Waals surface area contributed by atoms with Gasteiger partial charge in [0.2, 0.25) is 5.91 Å². The van der Waals surface area contributed by atoms with E-state index in [1.807, 2.05) is 12.2 Å². The number of carboxylic acids is 1. The molecule has 4 nitrogen and oxygen atoms in total. The van der Waals surface area contributed by atoms with Gasteiger partial charge in [-0.2, -0.15) is 0 Å². The molecule has 0 spiro atoms. The molecule has 0 aliphatic heterocycles. The summed E-state index contributed by atoms with van der Waals surface area (Å²) in [6.45, 7) is 5.13. The number of carbonyl (C=O) groups is 2. The van der Waals surface area contributed by atoms with Gasteiger partial charge < -0.3 is 10.4 Å². The van der Waals surface area contributed by atoms with Gasteiger partial charge in [-0.1, -0.05) is 51.7 Å². The van der Waals surface area contributed by atoms with Crippen LogP contribution in [0.15, 0.2) is 12.2 Å². The van der Waals surface area contributed by atoms with Gasteiger partial charge in [0.25, 0.3) is 0 Å². The summed E-state index contributed by atoms with van der Waals surface area (Å²) in [6, 6.07) is 0. The Morgan fingerprint density at radius 1 is 1.10 bits per heavy atom. The Morgan fingerprint density at radius 2 is 1.71 bits per heavy atom. The van der Waals surface area contributed by atoms with Gasteiger partial charge in [0.1, 0.15) is 0 Å². The van der Waals surface area contributed by atoms with Crippen molar-refractivity contribution in [2.75, 3.05) is 6.54 Å². The Hall–Kier alpha value is -1.32. The molecule has 1 amide bonds. The molecule has 2 N–H and O–H groups in total. The van der Waals surface area contributed by atoms with E-state index in [0.29, 0.717) is 19.4 Å². The number of hydrogen-bond donors (Lipinski definition) is 2. The van der Waals surface area contributed by atoms with Crippen LogP contribution in [0.4, 0.5) is 0 Å². The van der Waals surface area contributed by atoms with Crippen LogP contribution in [-0.4, -0.2) is 23.5 Å². The van der Waals surface area contributed by atoms with Gasteiger partial charge in [-0.05, 0) is 25.2 Å². The third-order valence-electron chi connectivity index (χ3n) is 4.09. The van der Waals surface area contributed by atoms with Crippen LogP contribution < -0.4 is 5.32 Å². The number of allylic oxidation sites excluding steroid dienone is 2. The monoisotopic (exact) mass is 295 g/mol. The summed E-state index contributed by atoms with van der Waals surface area (Å²) < 4.78 is 0. The van der Waals surface area contributed by atoms with Gasteiger partial charge >= 0.3 is 5.97 Å². The molecular weight excluding hydrogens is 266 g/mol. The number of nitrogens with one attached hydrogen (secondary N) is 1. The van der Waals surface area contributed by atoms with Crippen molar-refractivity contribution in [3.8, 4) is 0 Å². The molecule has 0 fully saturated rings. The van der Waals surface area contributed by atoms with Crippen molar-refractivity contribution in [3.63, 3.8) is 0 Å². The van der Waals surface area contributed by atoms with E-state index in [-0.39, 0.29) is 5.91 Å². The zero-order valence-corrected chi connectivity index (χ0v) is 13.3. The van der Waals surface area contributed by atoms with E-state index in [1.165, 1.54) is 19.3 Å². The van der Waals surface area contributed by atoms with Crippen molar-refractivity contribution in [1.29, 1.82) is 0 Å². The fraction of sp³-hybridized carbons (Fsp3) is 0.765. The minimum absolute atomic E-state index is 0.103. The number of aliphatic carboxylic acids is 1. The summed E-state index contributed by atoms with van der Waals surface area (Å²) in [7, 11) is 0. The highest BCUT2D eigenvalue weighted by atomic mass is 16.4. The van der Waals surface area contributed by atoms with Gasteiger partial charge in [0, 0.05) is 6.54 Å². The Labute approximate surface area is 128 Å². The van der Waals surface area contributed by atoms with Crippen LogP contribution in [-0.2, 0) is 9.59 Å². The molecule has 0 saturated carbocycles. The summed E-state index contributed by atoms with van der Waals surface area (Å²) in [5, 5.41) is 12.1. The molecule has 0 radical (unpaired) electrons. The van der Waals surface area contributed by atoms with E-state index in [1.54, 1.807) is 0 Å². The lowest BCUT2D eigenvalue weighted by atomic mass is 9.82. The van der Waals surface area contributed by atoms with Crippen LogP contribution in [0.5, 0.6) is 0 Å². The maximum atomic E-state index is 12.1. The molecule has 0 bridgehead atoms. The SMILES string of the molecule is CC(C)CCCCCCNC(=O)[C@@H]1CC=CC[C@@H]1C(=O)O. The number of rotatable bonds is 9. The fourth-order valence-electron chi connectivity index (χ4n) is 2.75. The second kappa shape index (κ2) is 9.59. The zero-order chi connectivity index (χ0) is 15.7. The second-order valence-electron chi connectivity index (χ2n) is 6.38. The number of amides is 1. The topological polar surface area (TPSA) is 66.4 Å². The lowest BCUT2D eigenvalue weighted by Gasteiger charge is -2.24. The Morgan fingerprint density at radius 3 is 2.33 bits per heavy atom. The number of carbonyl (C=O) groups excluding carboxylic acids is 1. The molecule has 2 atom stereocenters. The highest BCUT2D eigenvalue weighted by molar-refractivity contribution is 5.85. The third kappa shape index (κ3) is 6.78. The van der Waals surface area contributed by atoms with Crippen molar-refractivity contribution in [2.45, 2.75) is 58.8 Å². The fourth-order valence-corrected chi connectivity index (χ4v) is 2.75. The molecule has 0 unspecified atom stereocenters. The molecule has 0 aromatic heterocycles. The maximum absolute atomic E-state index is 12.1. The first kappa shape index (κ1) is 17.7. The molecule has 120 valence electrons. The number of carboxylic acid groups (broad SMARTS) is 1. The Bertz CT molecular complexity index is 363. The van der Waals surface area contributed by atoms with Crippen molar-refractivity contribution >= 4 is 11.9 Å². The highest BCUT2D eigenvalue weighted by Gasteiger charge is 2.33. The van der Waals surface area contributed by atoms with E-state index >= 15 is 0 Å². The highest BCUT2D eigenvalue weighted by Crippen LogP contribution is 2.26. The van der Waals surface area contributed by atoms with Crippen molar-refractivity contribution in [1.82, 2.24) is 5.32 Å². The van der Waals surface area contributed by atoms with Crippen molar-refractivity contribution in [2.24, 2.45) is 17.8 Å². The molecule has 0 aromatic rings. The smallest absolute Gasteiger partial charge is 0.307 e. The second-order valence-corrected chi connectivity index (χ2v) is 6.38. The van der Waals surface area contributed by atoms with Crippen LogP contribution in [0, 0.1) is 17.8 Å². The van der Waals surface area contributed by atoms with E-state index < -0.39 is 17.8 Å². The summed E-state index contributed by atoms with van der Waals surface area (Å²) >= 11 is 0. The molecule has 0 heterocycles. The first-order chi connectivity index (χ1) is 10.0. The maximum Gasteiger partial charge on any atom is 0.307 e. The van der Waals surface area contributed by atoms with E-state index in [0.717, 1.165) is 18.8 Å². The van der Waals surface area contributed by atoms with Crippen LogP contribution >= 0.6 is 0 Å². The molecule has 1 rings (SSSR count). The van der Waals surface area contributed by atoms with Crippen molar-refractivity contribution < 1.29 is 14.7 Å². The van der Waals surface area contributed by atoms with Gasteiger partial charge in [-0.3, -0.25) is 9.59 Å². The van der Waals surface area contributed by atoms with Gasteiger partial charge in [0.15, 0.2) is 0 Å². The van der Waals surface area contributed by atoms with Gasteiger partial charge in [0.05, 0.1) is 11.8 Å². The zero-order valence-electron chi connectivity index (χ0n) is 13.3. The summed E-state index contributed by atoms with van der Waals surface area (Å²) in [4.78, 5) is 23.2. The van der Waals surface area contributed by atoms with Crippen molar-refractivity contribution in [3.05, 3.63) is 12.2 Å². The van der Waals surface area contributed by atoms with E-state index in [2.05, 4.69) is 19.2 Å². The Kier molecular flexibility index (Phi) is 8.09. The standard InChI is InChI=1S/C17H29NO3/c1-13(2)9-5-3-4-8-12-18-16(19)14-10-6-7-11-15(14)17(20)21/h6-7,13-15H,3-5,8-12H2,1-2H3,(H,18,19)(H,20,21)/t14-,15+/m1/s1. The minimum Gasteiger partial charge on any atom is -0.481 e. The first-order valence-corrected chi connectivity index (χ1v) is 8.18. The average Bonchev–Trinajstić information content (AvgIpc) is 2.45. The predicted molar refractivity (Wildman–Crippen MR) is 83.9 cm³/mol. The van der Waals surface area contributed by atoms with E-state index in [4.69, 9.17) is 5.11 Å². The van der Waals surface area contributed by atoms with Crippen LogP contribution in [0.2, 0.25) is 0 Å². The summed E-state index contributed by atoms with van der Waals surface area (Å²) in [6.07, 6.45) is 10.6. The molecular formula is C17H29NO3. The summed E-state index contributed by atoms with van der Waals surface area (Å²) in [5.74, 6) is -1.19. The third-order valence-corrected chi connectivity index (χ3v) is 4.09. The number of hydrogen-bond acceptors (Lipinski definition) is 2. The lowest BCUT2D eigenvalue weighted by molar-refractivity contribution is -0.147. The largest absolute Gasteiger partial charge is 0.481 e. The van der Waals surface area contributed by atoms with Crippen LogP contribution in [0.1, 0.15) is 58.8 Å². The first-order valence-electron chi connectivity index (χ1n) is 8.18. The molecule has 21 heavy (non-hydrogen) atoms. The van der Waals surface area contributed by atoms with Gasteiger partial charge in [-0.15, -0.1) is 0 Å². The minimum atomic E-state index is -0.867. The van der Waals surface area contributed by atoms with E-state index in [9.17, 15) is 9.59 Å². The van der Waals surface area contributed by atoms with Gasteiger partial charge in [-0.25, -0.2) is 0 Å². The average molecular weight is 295 g/mol. The number of unbranched alkanes of at least 4 members (excludes halogenated alkanes) is 3. The predicted octanol–water partition coefficient (Wildman–Crippen LogP) is 3.38. The Balaban J connectivity index is 2.18. The molecule has 4 heteroatoms. The van der Waals surface area contributed by atoms with Crippen LogP contribution in [0.25, 0.3) is 0 Å². The molecule has 1 aliphatic rings. The molecule has 0 aromatic carbocycles. The molecule has 0 saturated heterocycles. The normalized spacial score (nSPS) is 21.5. The summed E-state index contributed by atoms with van der Waals surface area (Å²) in [5.41, 5.74) is 0. The quantitative estimate of drug-likeness (QED) is 0.506. The van der Waals surface area contributed by atoms with Crippen LogP contribution in [0.3, 0.4) is 0 Å². The molecule has 1 aliphatic carbocycles.